The molecule has 0 spiro atoms. The molecule has 1 aromatic rings. The van der Waals surface area contributed by atoms with E-state index in [0.717, 1.165) is 4.90 Å². The Balaban J connectivity index is 3.06. The Morgan fingerprint density at radius 1 is 1.11 bits per heavy atom. The third kappa shape index (κ3) is 5.05. The lowest BCUT2D eigenvalue weighted by molar-refractivity contribution is -0.119. The Morgan fingerprint density at radius 2 is 1.63 bits per heavy atom. The van der Waals surface area contributed by atoms with Gasteiger partial charge in [0.1, 0.15) is 6.54 Å². The van der Waals surface area contributed by atoms with Gasteiger partial charge in [0.2, 0.25) is 5.95 Å². The number of ether oxygens (including phenoxy) is 2. The van der Waals surface area contributed by atoms with Crippen LogP contribution in [0.3, 0.4) is 0 Å². The van der Waals surface area contributed by atoms with Crippen molar-refractivity contribution < 1.29 is 22.6 Å². The maximum Gasteiger partial charge on any atom is 0.406 e. The number of aromatic nitrogens is 3. The largest absolute Gasteiger partial charge is 0.467 e. The highest BCUT2D eigenvalue weighted by Crippen LogP contribution is 2.22. The average molecular weight is 345 g/mol. The van der Waals surface area contributed by atoms with Crippen molar-refractivity contribution in [2.45, 2.75) is 6.18 Å². The van der Waals surface area contributed by atoms with Gasteiger partial charge >= 0.3 is 18.2 Å². The van der Waals surface area contributed by atoms with Gasteiger partial charge in [-0.15, -0.1) is 4.98 Å². The monoisotopic (exact) mass is 344 g/mol. The van der Waals surface area contributed by atoms with Crippen molar-refractivity contribution in [1.29, 1.82) is 0 Å². The Morgan fingerprint density at radius 3 is 2.00 bits per heavy atom. The molecule has 108 valence electrons. The van der Waals surface area contributed by atoms with Crippen LogP contribution < -0.4 is 14.4 Å². The summed E-state index contributed by atoms with van der Waals surface area (Å²) in [4.78, 5) is 12.3. The molecular formula is C9H12BrF3N4O2. The molecule has 0 saturated carbocycles. The fraction of sp³-hybridized carbons (Fsp3) is 0.667. The third-order valence-electron chi connectivity index (χ3n) is 1.96. The van der Waals surface area contributed by atoms with Gasteiger partial charge in [0.05, 0.1) is 14.2 Å². The smallest absolute Gasteiger partial charge is 0.406 e. The van der Waals surface area contributed by atoms with Gasteiger partial charge in [0.25, 0.3) is 0 Å². The van der Waals surface area contributed by atoms with E-state index in [1.807, 2.05) is 0 Å². The van der Waals surface area contributed by atoms with Gasteiger partial charge in [0, 0.05) is 11.9 Å². The van der Waals surface area contributed by atoms with Crippen molar-refractivity contribution >= 4 is 21.9 Å². The third-order valence-corrected chi connectivity index (χ3v) is 2.31. The van der Waals surface area contributed by atoms with E-state index in [4.69, 9.17) is 9.47 Å². The summed E-state index contributed by atoms with van der Waals surface area (Å²) in [6.07, 6.45) is -4.37. The molecule has 0 bridgehead atoms. The summed E-state index contributed by atoms with van der Waals surface area (Å²) in [6, 6.07) is -0.216. The highest BCUT2D eigenvalue weighted by molar-refractivity contribution is 9.09. The van der Waals surface area contributed by atoms with Crippen LogP contribution >= 0.6 is 15.9 Å². The van der Waals surface area contributed by atoms with Gasteiger partial charge in [0.15, 0.2) is 0 Å². The highest BCUT2D eigenvalue weighted by Gasteiger charge is 2.32. The molecule has 0 saturated heterocycles. The molecule has 1 aromatic heterocycles. The van der Waals surface area contributed by atoms with Crippen LogP contribution in [0.1, 0.15) is 0 Å². The highest BCUT2D eigenvalue weighted by atomic mass is 79.9. The maximum atomic E-state index is 12.5. The van der Waals surface area contributed by atoms with E-state index in [1.54, 1.807) is 0 Å². The molecule has 0 fully saturated rings. The second kappa shape index (κ2) is 6.73. The van der Waals surface area contributed by atoms with Crippen molar-refractivity contribution in [2.75, 3.05) is 37.5 Å². The second-order valence-corrected chi connectivity index (χ2v) is 4.13. The normalized spacial score (nSPS) is 11.3. The summed E-state index contributed by atoms with van der Waals surface area (Å²) in [7, 11) is 2.61. The van der Waals surface area contributed by atoms with Crippen LogP contribution in [0.15, 0.2) is 0 Å². The molecule has 0 aliphatic heterocycles. The van der Waals surface area contributed by atoms with E-state index in [1.165, 1.54) is 14.2 Å². The number of rotatable bonds is 6. The molecule has 6 nitrogen and oxygen atoms in total. The first-order valence-corrected chi connectivity index (χ1v) is 6.23. The summed E-state index contributed by atoms with van der Waals surface area (Å²) >= 11 is 3.08. The molecular weight excluding hydrogens is 333 g/mol. The SMILES string of the molecule is COc1nc(OC)nc(N(CCBr)CC(F)(F)F)n1. The molecule has 0 aliphatic carbocycles. The van der Waals surface area contributed by atoms with Crippen LogP contribution in [0.2, 0.25) is 0 Å². The molecule has 0 N–H and O–H groups in total. The van der Waals surface area contributed by atoms with E-state index in [9.17, 15) is 13.2 Å². The van der Waals surface area contributed by atoms with Crippen molar-refractivity contribution in [3.05, 3.63) is 0 Å². The minimum absolute atomic E-state index is 0.0792. The molecule has 1 heterocycles. The fourth-order valence-electron chi connectivity index (χ4n) is 1.22. The van der Waals surface area contributed by atoms with Gasteiger partial charge in [-0.05, 0) is 0 Å². The zero-order valence-corrected chi connectivity index (χ0v) is 11.8. The van der Waals surface area contributed by atoms with E-state index in [2.05, 4.69) is 30.9 Å². The minimum atomic E-state index is -4.37. The van der Waals surface area contributed by atoms with Crippen molar-refractivity contribution in [3.63, 3.8) is 0 Å². The molecule has 0 atom stereocenters. The Labute approximate surface area is 116 Å². The van der Waals surface area contributed by atoms with Crippen LogP contribution in [0, 0.1) is 0 Å². The lowest BCUT2D eigenvalue weighted by Crippen LogP contribution is -2.37. The van der Waals surface area contributed by atoms with Crippen molar-refractivity contribution in [1.82, 2.24) is 15.0 Å². The van der Waals surface area contributed by atoms with Crippen LogP contribution in [-0.2, 0) is 0 Å². The van der Waals surface area contributed by atoms with E-state index in [-0.39, 0.29) is 24.5 Å². The number of methoxy groups -OCH3 is 2. The summed E-state index contributed by atoms with van der Waals surface area (Å²) < 4.78 is 47.1. The van der Waals surface area contributed by atoms with Crippen LogP contribution in [0.4, 0.5) is 19.1 Å². The predicted molar refractivity (Wildman–Crippen MR) is 65.0 cm³/mol. The van der Waals surface area contributed by atoms with Gasteiger partial charge in [-0.2, -0.15) is 23.1 Å². The van der Waals surface area contributed by atoms with Crippen molar-refractivity contribution in [2.24, 2.45) is 0 Å². The Hall–Kier alpha value is -1.32. The number of alkyl halides is 4. The van der Waals surface area contributed by atoms with Gasteiger partial charge in [-0.25, -0.2) is 0 Å². The zero-order valence-electron chi connectivity index (χ0n) is 10.2. The van der Waals surface area contributed by atoms with Gasteiger partial charge in [-0.1, -0.05) is 15.9 Å². The quantitative estimate of drug-likeness (QED) is 0.731. The first kappa shape index (κ1) is 15.7. The van der Waals surface area contributed by atoms with Gasteiger partial charge < -0.3 is 14.4 Å². The number of nitrogens with zero attached hydrogens (tertiary/aromatic N) is 4. The molecule has 0 aliphatic rings. The van der Waals surface area contributed by atoms with E-state index >= 15 is 0 Å². The lowest BCUT2D eigenvalue weighted by atomic mass is 10.5. The van der Waals surface area contributed by atoms with Crippen LogP contribution in [-0.4, -0.2) is 53.8 Å². The molecule has 19 heavy (non-hydrogen) atoms. The molecule has 1 rings (SSSR count). The number of hydrogen-bond acceptors (Lipinski definition) is 6. The first-order valence-electron chi connectivity index (χ1n) is 5.11. The Kier molecular flexibility index (Phi) is 5.58. The lowest BCUT2D eigenvalue weighted by Gasteiger charge is -2.23. The standard InChI is InChI=1S/C9H12BrF3N4O2/c1-18-7-14-6(15-8(16-7)19-2)17(4-3-10)5-9(11,12)13/h3-5H2,1-2H3. The van der Waals surface area contributed by atoms with E-state index < -0.39 is 12.7 Å². The number of halogens is 4. The van der Waals surface area contributed by atoms with Gasteiger partial charge in [-0.3, -0.25) is 0 Å². The number of hydrogen-bond donors (Lipinski definition) is 0. The molecule has 0 radical (unpaired) electrons. The van der Waals surface area contributed by atoms with E-state index in [0.29, 0.717) is 5.33 Å². The molecule has 0 amide bonds. The maximum absolute atomic E-state index is 12.5. The fourth-order valence-corrected chi connectivity index (χ4v) is 1.65. The summed E-state index contributed by atoms with van der Waals surface area (Å²) in [5.74, 6) is -0.152. The second-order valence-electron chi connectivity index (χ2n) is 3.33. The summed E-state index contributed by atoms with van der Waals surface area (Å²) in [6.45, 7) is -1.09. The molecule has 0 aromatic carbocycles. The summed E-state index contributed by atoms with van der Waals surface area (Å²) in [5, 5.41) is 0.333. The number of anilines is 1. The molecule has 0 unspecified atom stereocenters. The topological polar surface area (TPSA) is 60.4 Å². The molecule has 10 heteroatoms. The first-order chi connectivity index (χ1) is 8.89. The van der Waals surface area contributed by atoms with Crippen LogP contribution in [0.25, 0.3) is 0 Å². The zero-order chi connectivity index (χ0) is 14.5. The van der Waals surface area contributed by atoms with Crippen LogP contribution in [0.5, 0.6) is 12.0 Å². The Bertz CT molecular complexity index is 397. The summed E-state index contributed by atoms with van der Waals surface area (Å²) in [5.41, 5.74) is 0. The predicted octanol–water partition coefficient (Wildman–Crippen LogP) is 1.65. The minimum Gasteiger partial charge on any atom is -0.467 e. The average Bonchev–Trinajstić information content (AvgIpc) is 2.36. The van der Waals surface area contributed by atoms with Crippen molar-refractivity contribution in [3.8, 4) is 12.0 Å².